The van der Waals surface area contributed by atoms with Crippen LogP contribution in [0.4, 0.5) is 0 Å². The summed E-state index contributed by atoms with van der Waals surface area (Å²) in [4.78, 5) is 37.5. The summed E-state index contributed by atoms with van der Waals surface area (Å²) in [6.07, 6.45) is 8.67. The van der Waals surface area contributed by atoms with Gasteiger partial charge in [0.2, 0.25) is 11.8 Å². The van der Waals surface area contributed by atoms with Crippen LogP contribution in [0.5, 0.6) is 0 Å². The minimum absolute atomic E-state index is 0.224. The molecular weight excluding hydrogens is 382 g/mol. The first-order valence-corrected chi connectivity index (χ1v) is 10.5. The predicted octanol–water partition coefficient (Wildman–Crippen LogP) is 1.69. The van der Waals surface area contributed by atoms with Gasteiger partial charge in [-0.3, -0.25) is 9.59 Å². The minimum atomic E-state index is -0.808. The van der Waals surface area contributed by atoms with Crippen LogP contribution in [-0.4, -0.2) is 43.0 Å². The highest BCUT2D eigenvalue weighted by molar-refractivity contribution is 5.91. The molecule has 7 nitrogen and oxygen atoms in total. The van der Waals surface area contributed by atoms with Gasteiger partial charge in [0, 0.05) is 19.3 Å². The zero-order valence-corrected chi connectivity index (χ0v) is 17.7. The average Bonchev–Trinajstić information content (AvgIpc) is 2.73. The van der Waals surface area contributed by atoms with Gasteiger partial charge in [-0.2, -0.15) is 0 Å². The summed E-state index contributed by atoms with van der Waals surface area (Å²) in [5.74, 6) is 1.34. The number of esters is 1. The molecule has 0 fully saturated rings. The first-order chi connectivity index (χ1) is 14.5. The summed E-state index contributed by atoms with van der Waals surface area (Å²) in [5, 5.41) is 5.53. The molecule has 0 radical (unpaired) electrons. The normalized spacial score (nSPS) is 12.3. The molecule has 0 unspecified atom stereocenters. The Kier molecular flexibility index (Phi) is 12.6. The molecule has 164 valence electrons. The van der Waals surface area contributed by atoms with E-state index in [9.17, 15) is 14.4 Å². The molecule has 4 N–H and O–H groups in total. The number of carbonyl (C=O) groups is 3. The summed E-state index contributed by atoms with van der Waals surface area (Å²) in [5.41, 5.74) is 6.43. The number of rotatable bonds is 14. The van der Waals surface area contributed by atoms with Crippen LogP contribution in [0.3, 0.4) is 0 Å². The minimum Gasteiger partial charge on any atom is -0.464 e. The molecule has 0 aliphatic carbocycles. The van der Waals surface area contributed by atoms with E-state index in [0.29, 0.717) is 38.6 Å². The van der Waals surface area contributed by atoms with E-state index in [4.69, 9.17) is 16.9 Å². The second-order valence-electron chi connectivity index (χ2n) is 6.97. The third-order valence-corrected chi connectivity index (χ3v) is 4.49. The molecule has 0 bridgehead atoms. The maximum atomic E-state index is 13.0. The summed E-state index contributed by atoms with van der Waals surface area (Å²) in [6.45, 7) is 2.45. The zero-order valence-electron chi connectivity index (χ0n) is 17.7. The van der Waals surface area contributed by atoms with Crippen molar-refractivity contribution in [1.29, 1.82) is 0 Å². The van der Waals surface area contributed by atoms with Crippen LogP contribution < -0.4 is 16.4 Å². The largest absolute Gasteiger partial charge is 0.464 e. The third kappa shape index (κ3) is 10.1. The van der Waals surface area contributed by atoms with Gasteiger partial charge in [0.1, 0.15) is 12.1 Å². The molecule has 7 heteroatoms. The van der Waals surface area contributed by atoms with E-state index >= 15 is 0 Å². The van der Waals surface area contributed by atoms with Gasteiger partial charge >= 0.3 is 5.97 Å². The first-order valence-electron chi connectivity index (χ1n) is 10.5. The number of nitrogens with two attached hydrogens (primary N) is 1. The van der Waals surface area contributed by atoms with E-state index in [2.05, 4.69) is 16.6 Å². The standard InChI is InChI=1S/C23H33N3O4/c1-3-5-7-15-21(27)25-20(17-18-12-8-6-9-13-18)22(28)26-19(14-10-11-16-24)23(29)30-4-2/h1,6,8-9,12-13,19-20H,4-5,7,10-11,14-17,24H2,2H3,(H,25,27)(H,26,28)/t19-,20+/m0/s1. The van der Waals surface area contributed by atoms with Crippen molar-refractivity contribution in [2.24, 2.45) is 5.73 Å². The van der Waals surface area contributed by atoms with E-state index < -0.39 is 24.0 Å². The quantitative estimate of drug-likeness (QED) is 0.243. The number of benzene rings is 1. The maximum Gasteiger partial charge on any atom is 0.328 e. The van der Waals surface area contributed by atoms with Crippen LogP contribution in [0.15, 0.2) is 30.3 Å². The number of ether oxygens (including phenoxy) is 1. The lowest BCUT2D eigenvalue weighted by Gasteiger charge is -2.23. The molecule has 0 saturated carbocycles. The molecule has 2 atom stereocenters. The molecule has 1 aromatic carbocycles. The maximum absolute atomic E-state index is 13.0. The van der Waals surface area contributed by atoms with Crippen LogP contribution >= 0.6 is 0 Å². The monoisotopic (exact) mass is 415 g/mol. The van der Waals surface area contributed by atoms with E-state index in [0.717, 1.165) is 12.0 Å². The number of unbranched alkanes of at least 4 members (excludes halogenated alkanes) is 2. The number of hydrogen-bond donors (Lipinski definition) is 3. The summed E-state index contributed by atoms with van der Waals surface area (Å²) < 4.78 is 5.09. The number of carbonyl (C=O) groups excluding carboxylic acids is 3. The van der Waals surface area contributed by atoms with E-state index in [1.165, 1.54) is 0 Å². The van der Waals surface area contributed by atoms with Crippen molar-refractivity contribution in [1.82, 2.24) is 10.6 Å². The Bertz CT molecular complexity index is 700. The number of nitrogens with one attached hydrogen (secondary N) is 2. The van der Waals surface area contributed by atoms with Gasteiger partial charge in [-0.15, -0.1) is 12.3 Å². The molecule has 30 heavy (non-hydrogen) atoms. The van der Waals surface area contributed by atoms with E-state index in [1.807, 2.05) is 30.3 Å². The lowest BCUT2D eigenvalue weighted by molar-refractivity contribution is -0.147. The fraction of sp³-hybridized carbons (Fsp3) is 0.522. The van der Waals surface area contributed by atoms with Gasteiger partial charge in [-0.25, -0.2) is 4.79 Å². The molecule has 0 heterocycles. The van der Waals surface area contributed by atoms with Crippen molar-refractivity contribution in [2.75, 3.05) is 13.2 Å². The Balaban J connectivity index is 2.87. The Morgan fingerprint density at radius 2 is 1.83 bits per heavy atom. The molecule has 0 aliphatic rings. The molecule has 0 saturated heterocycles. The third-order valence-electron chi connectivity index (χ3n) is 4.49. The lowest BCUT2D eigenvalue weighted by atomic mass is 10.0. The lowest BCUT2D eigenvalue weighted by Crippen LogP contribution is -2.52. The SMILES string of the molecule is C#CCCCC(=O)N[C@H](Cc1ccccc1)C(=O)N[C@@H](CCCCN)C(=O)OCC. The van der Waals surface area contributed by atoms with Crippen molar-refractivity contribution >= 4 is 17.8 Å². The van der Waals surface area contributed by atoms with Gasteiger partial charge in [-0.05, 0) is 44.7 Å². The zero-order chi connectivity index (χ0) is 22.2. The van der Waals surface area contributed by atoms with Crippen molar-refractivity contribution in [3.05, 3.63) is 35.9 Å². The molecule has 0 aliphatic heterocycles. The molecular formula is C23H33N3O4. The molecule has 0 aromatic heterocycles. The fourth-order valence-corrected chi connectivity index (χ4v) is 2.93. The van der Waals surface area contributed by atoms with Crippen LogP contribution in [0, 0.1) is 12.3 Å². The summed E-state index contributed by atoms with van der Waals surface area (Å²) in [6, 6.07) is 7.80. The van der Waals surface area contributed by atoms with Crippen LogP contribution in [0.25, 0.3) is 0 Å². The summed E-state index contributed by atoms with van der Waals surface area (Å²) >= 11 is 0. The highest BCUT2D eigenvalue weighted by Crippen LogP contribution is 2.08. The Morgan fingerprint density at radius 1 is 1.10 bits per heavy atom. The Hall–Kier alpha value is -2.85. The molecule has 1 aromatic rings. The van der Waals surface area contributed by atoms with Crippen LogP contribution in [0.1, 0.15) is 51.0 Å². The van der Waals surface area contributed by atoms with Crippen molar-refractivity contribution in [3.63, 3.8) is 0 Å². The average molecular weight is 416 g/mol. The van der Waals surface area contributed by atoms with Gasteiger partial charge in [-0.1, -0.05) is 30.3 Å². The van der Waals surface area contributed by atoms with Crippen LogP contribution in [0.2, 0.25) is 0 Å². The van der Waals surface area contributed by atoms with Crippen molar-refractivity contribution in [3.8, 4) is 12.3 Å². The fourth-order valence-electron chi connectivity index (χ4n) is 2.93. The second-order valence-corrected chi connectivity index (χ2v) is 6.97. The number of terminal acetylenes is 1. The Morgan fingerprint density at radius 3 is 2.47 bits per heavy atom. The number of hydrogen-bond acceptors (Lipinski definition) is 5. The Labute approximate surface area is 179 Å². The van der Waals surface area contributed by atoms with E-state index in [1.54, 1.807) is 6.92 Å². The van der Waals surface area contributed by atoms with Gasteiger partial charge in [0.25, 0.3) is 0 Å². The smallest absolute Gasteiger partial charge is 0.328 e. The summed E-state index contributed by atoms with van der Waals surface area (Å²) in [7, 11) is 0. The molecule has 0 spiro atoms. The van der Waals surface area contributed by atoms with Crippen molar-refractivity contribution < 1.29 is 19.1 Å². The van der Waals surface area contributed by atoms with E-state index in [-0.39, 0.29) is 18.9 Å². The molecule has 1 rings (SSSR count). The topological polar surface area (TPSA) is 111 Å². The van der Waals surface area contributed by atoms with Gasteiger partial charge in [0.05, 0.1) is 6.61 Å². The molecule has 2 amide bonds. The first kappa shape index (κ1) is 25.2. The highest BCUT2D eigenvalue weighted by atomic mass is 16.5. The number of amides is 2. The van der Waals surface area contributed by atoms with Crippen molar-refractivity contribution in [2.45, 2.75) is 64.0 Å². The van der Waals surface area contributed by atoms with Gasteiger partial charge in [0.15, 0.2) is 0 Å². The van der Waals surface area contributed by atoms with Gasteiger partial charge < -0.3 is 21.1 Å². The van der Waals surface area contributed by atoms with Crippen LogP contribution in [-0.2, 0) is 25.5 Å². The predicted molar refractivity (Wildman–Crippen MR) is 116 cm³/mol. The second kappa shape index (κ2) is 15.1. The highest BCUT2D eigenvalue weighted by Gasteiger charge is 2.27.